The minimum atomic E-state index is -0.392. The first-order valence-corrected chi connectivity index (χ1v) is 7.32. The highest BCUT2D eigenvalue weighted by Gasteiger charge is 2.42. The van der Waals surface area contributed by atoms with Gasteiger partial charge in [-0.25, -0.2) is 0 Å². The summed E-state index contributed by atoms with van der Waals surface area (Å²) in [6.45, 7) is 7.07. The van der Waals surface area contributed by atoms with E-state index in [0.717, 1.165) is 19.4 Å². The van der Waals surface area contributed by atoms with Crippen LogP contribution in [0.25, 0.3) is 0 Å². The van der Waals surface area contributed by atoms with E-state index in [1.807, 2.05) is 11.9 Å². The second-order valence-corrected chi connectivity index (χ2v) is 6.22. The Morgan fingerprint density at radius 1 is 1.32 bits per heavy atom. The molecular weight excluding hydrogens is 242 g/mol. The van der Waals surface area contributed by atoms with E-state index >= 15 is 0 Å². The molecule has 0 aromatic heterocycles. The molecular formula is C14H27N3O2. The van der Waals surface area contributed by atoms with Crippen molar-refractivity contribution >= 4 is 5.91 Å². The third-order valence-corrected chi connectivity index (χ3v) is 4.47. The molecule has 19 heavy (non-hydrogen) atoms. The fraction of sp³-hybridized carbons (Fsp3) is 0.929. The lowest BCUT2D eigenvalue weighted by molar-refractivity contribution is -0.149. The Labute approximate surface area is 115 Å². The smallest absolute Gasteiger partial charge is 0.241 e. The molecule has 2 rings (SSSR count). The molecule has 3 N–H and O–H groups in total. The molecule has 1 amide bonds. The first-order valence-electron chi connectivity index (χ1n) is 7.32. The molecule has 2 heterocycles. The number of hydrogen-bond donors (Lipinski definition) is 2. The molecule has 5 unspecified atom stereocenters. The molecule has 0 bridgehead atoms. The van der Waals surface area contributed by atoms with Crippen LogP contribution in [0.4, 0.5) is 0 Å². The van der Waals surface area contributed by atoms with E-state index in [1.165, 1.54) is 0 Å². The van der Waals surface area contributed by atoms with Crippen LogP contribution >= 0.6 is 0 Å². The van der Waals surface area contributed by atoms with Crippen LogP contribution in [-0.2, 0) is 9.53 Å². The maximum atomic E-state index is 12.5. The van der Waals surface area contributed by atoms with Gasteiger partial charge in [-0.15, -0.1) is 0 Å². The summed E-state index contributed by atoms with van der Waals surface area (Å²) >= 11 is 0. The molecule has 5 atom stereocenters. The van der Waals surface area contributed by atoms with E-state index in [4.69, 9.17) is 10.5 Å². The summed E-state index contributed by atoms with van der Waals surface area (Å²) in [6, 6.07) is -0.392. The number of rotatable bonds is 3. The van der Waals surface area contributed by atoms with Crippen molar-refractivity contribution in [3.8, 4) is 0 Å². The van der Waals surface area contributed by atoms with Crippen molar-refractivity contribution in [3.63, 3.8) is 0 Å². The highest BCUT2D eigenvalue weighted by atomic mass is 16.5. The van der Waals surface area contributed by atoms with Crippen LogP contribution < -0.4 is 11.1 Å². The predicted molar refractivity (Wildman–Crippen MR) is 74.4 cm³/mol. The van der Waals surface area contributed by atoms with Gasteiger partial charge in [-0.2, -0.15) is 0 Å². The number of carbonyl (C=O) groups excluding carboxylic acids is 1. The Morgan fingerprint density at radius 3 is 2.37 bits per heavy atom. The van der Waals surface area contributed by atoms with Gasteiger partial charge in [-0.1, -0.05) is 6.92 Å². The van der Waals surface area contributed by atoms with Gasteiger partial charge in [0.15, 0.2) is 0 Å². The number of nitrogens with two attached hydrogens (primary N) is 1. The highest BCUT2D eigenvalue weighted by molar-refractivity contribution is 5.83. The van der Waals surface area contributed by atoms with E-state index in [-0.39, 0.29) is 30.2 Å². The summed E-state index contributed by atoms with van der Waals surface area (Å²) in [6.07, 6.45) is 2.30. The predicted octanol–water partition coefficient (Wildman–Crippen LogP) is 0.541. The van der Waals surface area contributed by atoms with Gasteiger partial charge in [0.1, 0.15) is 0 Å². The SMILES string of the molecule is CNC1C(C)CN1C(=O)C(N)C1CC(C)OC(C)C1. The van der Waals surface area contributed by atoms with Crippen molar-refractivity contribution in [1.29, 1.82) is 0 Å². The summed E-state index contributed by atoms with van der Waals surface area (Å²) in [7, 11) is 1.89. The van der Waals surface area contributed by atoms with Crippen LogP contribution in [0.5, 0.6) is 0 Å². The Balaban J connectivity index is 1.95. The Kier molecular flexibility index (Phi) is 4.48. The molecule has 0 aliphatic carbocycles. The summed E-state index contributed by atoms with van der Waals surface area (Å²) in [5.41, 5.74) is 6.21. The second-order valence-electron chi connectivity index (χ2n) is 6.22. The van der Waals surface area contributed by atoms with Gasteiger partial charge < -0.3 is 20.7 Å². The van der Waals surface area contributed by atoms with Gasteiger partial charge in [0.25, 0.3) is 0 Å². The average molecular weight is 269 g/mol. The standard InChI is InChI=1S/C14H27N3O2/c1-8-7-17(13(8)16-4)14(18)12(15)11-5-9(2)19-10(3)6-11/h8-13,16H,5-7,15H2,1-4H3. The molecule has 2 fully saturated rings. The van der Waals surface area contributed by atoms with Crippen molar-refractivity contribution in [2.75, 3.05) is 13.6 Å². The molecule has 0 spiro atoms. The van der Waals surface area contributed by atoms with Crippen molar-refractivity contribution in [2.24, 2.45) is 17.6 Å². The number of amides is 1. The largest absolute Gasteiger partial charge is 0.376 e. The van der Waals surface area contributed by atoms with Crippen LogP contribution in [0.1, 0.15) is 33.6 Å². The van der Waals surface area contributed by atoms with E-state index in [0.29, 0.717) is 5.92 Å². The maximum Gasteiger partial charge on any atom is 0.241 e. The van der Waals surface area contributed by atoms with Gasteiger partial charge in [-0.3, -0.25) is 4.79 Å². The molecule has 0 aromatic carbocycles. The zero-order chi connectivity index (χ0) is 14.2. The molecule has 110 valence electrons. The lowest BCUT2D eigenvalue weighted by Gasteiger charge is -2.48. The molecule has 5 nitrogen and oxygen atoms in total. The van der Waals surface area contributed by atoms with E-state index in [9.17, 15) is 4.79 Å². The van der Waals surface area contributed by atoms with Crippen LogP contribution in [0.15, 0.2) is 0 Å². The average Bonchev–Trinajstić information content (AvgIpc) is 2.33. The highest BCUT2D eigenvalue weighted by Crippen LogP contribution is 2.29. The molecule has 0 aromatic rings. The van der Waals surface area contributed by atoms with Gasteiger partial charge in [0.05, 0.1) is 24.4 Å². The topological polar surface area (TPSA) is 67.6 Å². The molecule has 2 aliphatic rings. The van der Waals surface area contributed by atoms with Crippen LogP contribution in [-0.4, -0.2) is 48.8 Å². The zero-order valence-electron chi connectivity index (χ0n) is 12.4. The van der Waals surface area contributed by atoms with Crippen molar-refractivity contribution in [2.45, 2.75) is 58.0 Å². The third kappa shape index (κ3) is 2.93. The number of likely N-dealkylation sites (tertiary alicyclic amines) is 1. The minimum Gasteiger partial charge on any atom is -0.376 e. The number of ether oxygens (including phenoxy) is 1. The lowest BCUT2D eigenvalue weighted by Crippen LogP contribution is -2.66. The zero-order valence-corrected chi connectivity index (χ0v) is 12.4. The third-order valence-electron chi connectivity index (χ3n) is 4.47. The quantitative estimate of drug-likeness (QED) is 0.785. The number of nitrogens with one attached hydrogen (secondary N) is 1. The number of nitrogens with zero attached hydrogens (tertiary/aromatic N) is 1. The van der Waals surface area contributed by atoms with Crippen LogP contribution in [0.3, 0.4) is 0 Å². The summed E-state index contributed by atoms with van der Waals surface area (Å²) < 4.78 is 5.71. The normalized spacial score (nSPS) is 40.7. The van der Waals surface area contributed by atoms with Crippen molar-refractivity contribution < 1.29 is 9.53 Å². The van der Waals surface area contributed by atoms with Gasteiger partial charge in [-0.05, 0) is 39.7 Å². The van der Waals surface area contributed by atoms with E-state index < -0.39 is 6.04 Å². The summed E-state index contributed by atoms with van der Waals surface area (Å²) in [4.78, 5) is 14.3. The van der Waals surface area contributed by atoms with Crippen LogP contribution in [0.2, 0.25) is 0 Å². The van der Waals surface area contributed by atoms with Gasteiger partial charge in [0, 0.05) is 12.5 Å². The monoisotopic (exact) mass is 269 g/mol. The van der Waals surface area contributed by atoms with E-state index in [1.54, 1.807) is 0 Å². The molecule has 2 saturated heterocycles. The van der Waals surface area contributed by atoms with Gasteiger partial charge >= 0.3 is 0 Å². The molecule has 0 radical (unpaired) electrons. The molecule has 0 saturated carbocycles. The Bertz CT molecular complexity index is 327. The number of hydrogen-bond acceptors (Lipinski definition) is 4. The summed E-state index contributed by atoms with van der Waals surface area (Å²) in [5.74, 6) is 0.831. The Hall–Kier alpha value is -0.650. The van der Waals surface area contributed by atoms with Gasteiger partial charge in [0.2, 0.25) is 5.91 Å². The Morgan fingerprint density at radius 2 is 1.89 bits per heavy atom. The fourth-order valence-corrected chi connectivity index (χ4v) is 3.50. The maximum absolute atomic E-state index is 12.5. The minimum absolute atomic E-state index is 0.0868. The first kappa shape index (κ1) is 14.8. The second kappa shape index (κ2) is 5.77. The fourth-order valence-electron chi connectivity index (χ4n) is 3.50. The van der Waals surface area contributed by atoms with Crippen molar-refractivity contribution in [1.82, 2.24) is 10.2 Å². The number of carbonyl (C=O) groups is 1. The first-order chi connectivity index (χ1) is 8.93. The van der Waals surface area contributed by atoms with E-state index in [2.05, 4.69) is 26.1 Å². The molecule has 5 heteroatoms. The summed E-state index contributed by atoms with van der Waals surface area (Å²) in [5, 5.41) is 3.18. The molecule has 2 aliphatic heterocycles. The lowest BCUT2D eigenvalue weighted by atomic mass is 9.84. The van der Waals surface area contributed by atoms with Crippen LogP contribution in [0, 0.1) is 11.8 Å². The van der Waals surface area contributed by atoms with Crippen molar-refractivity contribution in [3.05, 3.63) is 0 Å².